The second-order valence-corrected chi connectivity index (χ2v) is 7.12. The number of aryl methyl sites for hydroxylation is 1. The SMILES string of the molecule is Cc1ccc(CN2CC[C@H](N3CCOCC3)[C@H]2Cc2cccnc2)o1. The summed E-state index contributed by atoms with van der Waals surface area (Å²) in [5.74, 6) is 2.05. The van der Waals surface area contributed by atoms with Crippen LogP contribution in [0.5, 0.6) is 0 Å². The number of furan rings is 1. The molecule has 2 aliphatic heterocycles. The average Bonchev–Trinajstić information content (AvgIpc) is 3.23. The van der Waals surface area contributed by atoms with Gasteiger partial charge in [-0.05, 0) is 43.5 Å². The Morgan fingerprint density at radius 1 is 1.16 bits per heavy atom. The van der Waals surface area contributed by atoms with Crippen LogP contribution >= 0.6 is 0 Å². The zero-order chi connectivity index (χ0) is 17.1. The fourth-order valence-corrected chi connectivity index (χ4v) is 4.23. The first-order chi connectivity index (χ1) is 12.3. The molecule has 0 N–H and O–H groups in total. The lowest BCUT2D eigenvalue weighted by atomic mass is 9.99. The van der Waals surface area contributed by atoms with Gasteiger partial charge in [-0.2, -0.15) is 0 Å². The quantitative estimate of drug-likeness (QED) is 0.836. The lowest BCUT2D eigenvalue weighted by Gasteiger charge is -2.37. The van der Waals surface area contributed by atoms with Crippen LogP contribution in [0.4, 0.5) is 0 Å². The summed E-state index contributed by atoms with van der Waals surface area (Å²) in [5, 5.41) is 0. The second kappa shape index (κ2) is 7.68. The summed E-state index contributed by atoms with van der Waals surface area (Å²) >= 11 is 0. The molecule has 0 aliphatic carbocycles. The normalized spacial score (nSPS) is 25.5. The number of rotatable bonds is 5. The van der Waals surface area contributed by atoms with Gasteiger partial charge in [0.2, 0.25) is 0 Å². The van der Waals surface area contributed by atoms with Crippen molar-refractivity contribution in [1.29, 1.82) is 0 Å². The van der Waals surface area contributed by atoms with E-state index in [0.717, 1.165) is 57.3 Å². The van der Waals surface area contributed by atoms with Crippen LogP contribution in [0.15, 0.2) is 41.1 Å². The van der Waals surface area contributed by atoms with Gasteiger partial charge in [0.15, 0.2) is 0 Å². The monoisotopic (exact) mass is 341 g/mol. The Hall–Kier alpha value is -1.69. The van der Waals surface area contributed by atoms with E-state index in [1.165, 1.54) is 12.0 Å². The molecule has 134 valence electrons. The van der Waals surface area contributed by atoms with Crippen LogP contribution in [0.25, 0.3) is 0 Å². The van der Waals surface area contributed by atoms with E-state index >= 15 is 0 Å². The second-order valence-electron chi connectivity index (χ2n) is 7.12. The average molecular weight is 341 g/mol. The molecule has 2 atom stereocenters. The Morgan fingerprint density at radius 3 is 2.76 bits per heavy atom. The summed E-state index contributed by atoms with van der Waals surface area (Å²) in [6.07, 6.45) is 6.10. The van der Waals surface area contributed by atoms with Crippen LogP contribution in [-0.2, 0) is 17.7 Å². The maximum absolute atomic E-state index is 5.84. The van der Waals surface area contributed by atoms with E-state index in [1.54, 1.807) is 0 Å². The van der Waals surface area contributed by atoms with Crippen LogP contribution in [0.3, 0.4) is 0 Å². The van der Waals surface area contributed by atoms with Crippen molar-refractivity contribution in [2.24, 2.45) is 0 Å². The van der Waals surface area contributed by atoms with Crippen LogP contribution < -0.4 is 0 Å². The maximum Gasteiger partial charge on any atom is 0.118 e. The minimum absolute atomic E-state index is 0.493. The largest absolute Gasteiger partial charge is 0.465 e. The lowest BCUT2D eigenvalue weighted by Crippen LogP contribution is -2.50. The van der Waals surface area contributed by atoms with Gasteiger partial charge in [0.05, 0.1) is 19.8 Å². The van der Waals surface area contributed by atoms with E-state index in [0.29, 0.717) is 12.1 Å². The van der Waals surface area contributed by atoms with Crippen molar-refractivity contribution in [2.45, 2.75) is 38.4 Å². The van der Waals surface area contributed by atoms with E-state index in [4.69, 9.17) is 9.15 Å². The zero-order valence-electron chi connectivity index (χ0n) is 14.9. The zero-order valence-corrected chi connectivity index (χ0v) is 14.9. The minimum Gasteiger partial charge on any atom is -0.465 e. The molecule has 25 heavy (non-hydrogen) atoms. The topological polar surface area (TPSA) is 41.7 Å². The van der Waals surface area contributed by atoms with E-state index in [1.807, 2.05) is 25.4 Å². The molecule has 0 saturated carbocycles. The summed E-state index contributed by atoms with van der Waals surface area (Å²) < 4.78 is 11.4. The van der Waals surface area contributed by atoms with Crippen molar-refractivity contribution in [3.8, 4) is 0 Å². The first-order valence-corrected chi connectivity index (χ1v) is 9.29. The molecule has 5 heteroatoms. The molecule has 0 bridgehead atoms. The first-order valence-electron chi connectivity index (χ1n) is 9.29. The van der Waals surface area contributed by atoms with Gasteiger partial charge in [-0.3, -0.25) is 14.8 Å². The van der Waals surface area contributed by atoms with Crippen LogP contribution in [-0.4, -0.2) is 59.7 Å². The molecule has 4 rings (SSSR count). The van der Waals surface area contributed by atoms with Crippen LogP contribution in [0, 0.1) is 6.92 Å². The van der Waals surface area contributed by atoms with Gasteiger partial charge in [0.25, 0.3) is 0 Å². The number of nitrogens with zero attached hydrogens (tertiary/aromatic N) is 3. The van der Waals surface area contributed by atoms with E-state index in [9.17, 15) is 0 Å². The predicted octanol–water partition coefficient (Wildman–Crippen LogP) is 2.50. The Balaban J connectivity index is 1.52. The molecule has 5 nitrogen and oxygen atoms in total. The number of ether oxygens (including phenoxy) is 1. The highest BCUT2D eigenvalue weighted by atomic mass is 16.5. The molecular formula is C20H27N3O2. The fourth-order valence-electron chi connectivity index (χ4n) is 4.23. The van der Waals surface area contributed by atoms with Crippen molar-refractivity contribution in [3.05, 3.63) is 53.7 Å². The van der Waals surface area contributed by atoms with Crippen molar-refractivity contribution < 1.29 is 9.15 Å². The van der Waals surface area contributed by atoms with Gasteiger partial charge in [-0.15, -0.1) is 0 Å². The number of hydrogen-bond acceptors (Lipinski definition) is 5. The fraction of sp³-hybridized carbons (Fsp3) is 0.550. The van der Waals surface area contributed by atoms with Crippen molar-refractivity contribution in [3.63, 3.8) is 0 Å². The standard InChI is InChI=1S/C20H27N3O2/c1-16-4-5-18(25-16)15-23-8-6-19(22-9-11-24-12-10-22)20(23)13-17-3-2-7-21-14-17/h2-5,7,14,19-20H,6,8-13,15H2,1H3/t19-,20+/m0/s1. The molecule has 2 aliphatic rings. The Morgan fingerprint density at radius 2 is 2.04 bits per heavy atom. The molecule has 0 unspecified atom stereocenters. The molecular weight excluding hydrogens is 314 g/mol. The van der Waals surface area contributed by atoms with Gasteiger partial charge in [0, 0.05) is 44.1 Å². The highest BCUT2D eigenvalue weighted by Crippen LogP contribution is 2.28. The number of pyridine rings is 1. The number of likely N-dealkylation sites (tertiary alicyclic amines) is 1. The Kier molecular flexibility index (Phi) is 5.15. The van der Waals surface area contributed by atoms with Crippen LogP contribution in [0.2, 0.25) is 0 Å². The molecule has 0 aromatic carbocycles. The van der Waals surface area contributed by atoms with Crippen LogP contribution in [0.1, 0.15) is 23.5 Å². The molecule has 2 saturated heterocycles. The van der Waals surface area contributed by atoms with Crippen molar-refractivity contribution in [1.82, 2.24) is 14.8 Å². The van der Waals surface area contributed by atoms with E-state index in [2.05, 4.69) is 33.0 Å². The third-order valence-electron chi connectivity index (χ3n) is 5.46. The van der Waals surface area contributed by atoms with Gasteiger partial charge >= 0.3 is 0 Å². The Bertz CT molecular complexity index is 667. The molecule has 0 spiro atoms. The van der Waals surface area contributed by atoms with E-state index in [-0.39, 0.29) is 0 Å². The van der Waals surface area contributed by atoms with Gasteiger partial charge in [0.1, 0.15) is 11.5 Å². The molecule has 2 aromatic heterocycles. The summed E-state index contributed by atoms with van der Waals surface area (Å²) in [5.41, 5.74) is 1.31. The third-order valence-corrected chi connectivity index (χ3v) is 5.46. The molecule has 0 radical (unpaired) electrons. The molecule has 0 amide bonds. The number of hydrogen-bond donors (Lipinski definition) is 0. The minimum atomic E-state index is 0.493. The summed E-state index contributed by atoms with van der Waals surface area (Å²) in [7, 11) is 0. The molecule has 2 aromatic rings. The third kappa shape index (κ3) is 3.94. The van der Waals surface area contributed by atoms with Gasteiger partial charge in [-0.25, -0.2) is 0 Å². The summed E-state index contributed by atoms with van der Waals surface area (Å²) in [4.78, 5) is 9.52. The van der Waals surface area contributed by atoms with Gasteiger partial charge < -0.3 is 9.15 Å². The van der Waals surface area contributed by atoms with E-state index < -0.39 is 0 Å². The smallest absolute Gasteiger partial charge is 0.118 e. The summed E-state index contributed by atoms with van der Waals surface area (Å²) in [6, 6.07) is 9.47. The highest BCUT2D eigenvalue weighted by Gasteiger charge is 2.38. The number of morpholine rings is 1. The van der Waals surface area contributed by atoms with Crippen molar-refractivity contribution in [2.75, 3.05) is 32.8 Å². The lowest BCUT2D eigenvalue weighted by molar-refractivity contribution is 0.00754. The molecule has 2 fully saturated rings. The number of aromatic nitrogens is 1. The first kappa shape index (κ1) is 16.8. The highest BCUT2D eigenvalue weighted by molar-refractivity contribution is 5.14. The summed E-state index contributed by atoms with van der Waals surface area (Å²) in [6.45, 7) is 7.81. The Labute approximate surface area is 149 Å². The van der Waals surface area contributed by atoms with Gasteiger partial charge in [-0.1, -0.05) is 6.07 Å². The predicted molar refractivity (Wildman–Crippen MR) is 96.4 cm³/mol. The van der Waals surface area contributed by atoms with Crippen molar-refractivity contribution >= 4 is 0 Å². The maximum atomic E-state index is 5.84. The molecule has 4 heterocycles.